The molecule has 0 fully saturated rings. The first-order valence-electron chi connectivity index (χ1n) is 9.69. The van der Waals surface area contributed by atoms with Gasteiger partial charge in [0.25, 0.3) is 11.5 Å². The van der Waals surface area contributed by atoms with Crippen LogP contribution in [0, 0.1) is 6.92 Å². The predicted octanol–water partition coefficient (Wildman–Crippen LogP) is 2.62. The molecule has 31 heavy (non-hydrogen) atoms. The molecule has 3 amide bonds. The molecule has 1 heterocycles. The van der Waals surface area contributed by atoms with Crippen LogP contribution < -0.4 is 16.2 Å². The molecule has 9 heteroatoms. The molecule has 3 aromatic rings. The summed E-state index contributed by atoms with van der Waals surface area (Å²) in [4.78, 5) is 53.0. The number of aryl methyl sites for hydroxylation is 2. The van der Waals surface area contributed by atoms with Crippen molar-refractivity contribution >= 4 is 34.6 Å². The average molecular weight is 422 g/mol. The number of rotatable bonds is 5. The molecular formula is C22H22N4O5. The summed E-state index contributed by atoms with van der Waals surface area (Å²) >= 11 is 0. The van der Waals surface area contributed by atoms with Crippen molar-refractivity contribution in [3.63, 3.8) is 0 Å². The third kappa shape index (κ3) is 4.95. The minimum Gasteiger partial charge on any atom is -0.449 e. The zero-order chi connectivity index (χ0) is 22.5. The van der Waals surface area contributed by atoms with Gasteiger partial charge in [0.15, 0.2) is 6.10 Å². The van der Waals surface area contributed by atoms with Gasteiger partial charge in [-0.15, -0.1) is 0 Å². The van der Waals surface area contributed by atoms with E-state index in [9.17, 15) is 19.2 Å². The number of urea groups is 1. The molecule has 1 unspecified atom stereocenters. The summed E-state index contributed by atoms with van der Waals surface area (Å²) in [5.74, 6) is -1.52. The molecule has 0 saturated heterocycles. The normalized spacial score (nSPS) is 11.6. The Morgan fingerprint density at radius 1 is 1.13 bits per heavy atom. The molecular weight excluding hydrogens is 400 g/mol. The summed E-state index contributed by atoms with van der Waals surface area (Å²) in [5, 5.41) is 4.63. The third-order valence-corrected chi connectivity index (χ3v) is 4.58. The molecule has 2 N–H and O–H groups in total. The quantitative estimate of drug-likeness (QED) is 0.610. The van der Waals surface area contributed by atoms with Crippen LogP contribution in [0.15, 0.2) is 53.3 Å². The molecule has 1 atom stereocenters. The highest BCUT2D eigenvalue weighted by Gasteiger charge is 2.21. The van der Waals surface area contributed by atoms with Gasteiger partial charge in [-0.1, -0.05) is 18.2 Å². The van der Waals surface area contributed by atoms with Crippen LogP contribution in [0.5, 0.6) is 0 Å². The van der Waals surface area contributed by atoms with Crippen molar-refractivity contribution in [2.24, 2.45) is 0 Å². The van der Waals surface area contributed by atoms with Crippen LogP contribution in [0.25, 0.3) is 11.0 Å². The van der Waals surface area contributed by atoms with Crippen molar-refractivity contribution in [3.8, 4) is 0 Å². The van der Waals surface area contributed by atoms with E-state index in [0.717, 1.165) is 0 Å². The summed E-state index contributed by atoms with van der Waals surface area (Å²) in [5.41, 5.74) is 1.88. The first-order valence-corrected chi connectivity index (χ1v) is 9.69. The zero-order valence-corrected chi connectivity index (χ0v) is 17.3. The van der Waals surface area contributed by atoms with Gasteiger partial charge in [-0.3, -0.25) is 14.9 Å². The predicted molar refractivity (Wildman–Crippen MR) is 115 cm³/mol. The first kappa shape index (κ1) is 21.7. The molecule has 160 valence electrons. The Morgan fingerprint density at radius 3 is 2.52 bits per heavy atom. The molecule has 0 aliphatic heterocycles. The summed E-state index contributed by atoms with van der Waals surface area (Å²) in [6.45, 7) is 5.27. The number of carbonyl (C=O) groups excluding carboxylic acids is 3. The van der Waals surface area contributed by atoms with Gasteiger partial charge in [0.2, 0.25) is 0 Å². The maximum Gasteiger partial charge on any atom is 0.338 e. The van der Waals surface area contributed by atoms with E-state index in [4.69, 9.17) is 4.74 Å². The maximum atomic E-state index is 12.5. The number of nitrogens with one attached hydrogen (secondary N) is 2. The van der Waals surface area contributed by atoms with Gasteiger partial charge in [0, 0.05) is 12.2 Å². The minimum absolute atomic E-state index is 0.175. The Labute approximate surface area is 178 Å². The Hall–Kier alpha value is -4.01. The maximum absolute atomic E-state index is 12.5. The molecule has 2 aromatic carbocycles. The summed E-state index contributed by atoms with van der Waals surface area (Å²) in [6.07, 6.45) is -1.20. The van der Waals surface area contributed by atoms with Gasteiger partial charge in [-0.25, -0.2) is 14.6 Å². The van der Waals surface area contributed by atoms with Crippen molar-refractivity contribution < 1.29 is 19.1 Å². The monoisotopic (exact) mass is 422 g/mol. The molecule has 0 saturated carbocycles. The van der Waals surface area contributed by atoms with E-state index in [-0.39, 0.29) is 11.1 Å². The number of carbonyl (C=O) groups is 3. The number of fused-ring (bicyclic) bond motifs is 1. The Kier molecular flexibility index (Phi) is 6.44. The highest BCUT2D eigenvalue weighted by molar-refractivity contribution is 6.03. The smallest absolute Gasteiger partial charge is 0.338 e. The lowest BCUT2D eigenvalue weighted by atomic mass is 10.2. The van der Waals surface area contributed by atoms with Crippen LogP contribution in [-0.4, -0.2) is 33.6 Å². The Bertz CT molecular complexity index is 1200. The third-order valence-electron chi connectivity index (χ3n) is 4.58. The topological polar surface area (TPSA) is 119 Å². The van der Waals surface area contributed by atoms with Gasteiger partial charge >= 0.3 is 12.0 Å². The number of hydrogen-bond donors (Lipinski definition) is 2. The van der Waals surface area contributed by atoms with Crippen LogP contribution in [0.2, 0.25) is 0 Å². The van der Waals surface area contributed by atoms with E-state index in [1.165, 1.54) is 19.1 Å². The van der Waals surface area contributed by atoms with E-state index in [2.05, 4.69) is 15.6 Å². The second-order valence-corrected chi connectivity index (χ2v) is 6.81. The number of benzene rings is 2. The molecule has 0 aliphatic carbocycles. The number of aromatic nitrogens is 2. The van der Waals surface area contributed by atoms with E-state index < -0.39 is 24.0 Å². The summed E-state index contributed by atoms with van der Waals surface area (Å²) < 4.78 is 6.75. The van der Waals surface area contributed by atoms with Crippen LogP contribution in [0.3, 0.4) is 0 Å². The van der Waals surface area contributed by atoms with Crippen LogP contribution >= 0.6 is 0 Å². The van der Waals surface area contributed by atoms with Crippen molar-refractivity contribution in [1.29, 1.82) is 0 Å². The number of ether oxygens (including phenoxy) is 1. The number of esters is 1. The van der Waals surface area contributed by atoms with Crippen LogP contribution in [0.4, 0.5) is 10.5 Å². The average Bonchev–Trinajstić information content (AvgIpc) is 2.74. The Morgan fingerprint density at radius 2 is 1.84 bits per heavy atom. The number of hydrogen-bond acceptors (Lipinski definition) is 6. The standard InChI is InChI=1S/C22H22N4O5/c1-4-26-18-11-10-15(12-17(18)23-13(2)20(26)28)21(29)31-14(3)19(27)25-22(30)24-16-8-6-5-7-9-16/h5-12,14H,4H2,1-3H3,(H2,24,25,27,30). The van der Waals surface area contributed by atoms with Crippen molar-refractivity contribution in [2.75, 3.05) is 5.32 Å². The number of nitrogens with zero attached hydrogens (tertiary/aromatic N) is 2. The fraction of sp³-hybridized carbons (Fsp3) is 0.227. The highest BCUT2D eigenvalue weighted by atomic mass is 16.5. The molecule has 1 aromatic heterocycles. The van der Waals surface area contributed by atoms with Crippen molar-refractivity contribution in [1.82, 2.24) is 14.9 Å². The van der Waals surface area contributed by atoms with Gasteiger partial charge in [-0.2, -0.15) is 0 Å². The molecule has 0 bridgehead atoms. The van der Waals surface area contributed by atoms with Crippen LogP contribution in [-0.2, 0) is 16.1 Å². The second-order valence-electron chi connectivity index (χ2n) is 6.81. The fourth-order valence-corrected chi connectivity index (χ4v) is 2.99. The molecule has 0 radical (unpaired) electrons. The molecule has 0 spiro atoms. The van der Waals surface area contributed by atoms with Gasteiger partial charge in [0.05, 0.1) is 16.6 Å². The second kappa shape index (κ2) is 9.21. The van der Waals surface area contributed by atoms with E-state index in [1.807, 2.05) is 6.92 Å². The SMILES string of the molecule is CCn1c(=O)c(C)nc2cc(C(=O)OC(C)C(=O)NC(=O)Nc3ccccc3)ccc21. The lowest BCUT2D eigenvalue weighted by Gasteiger charge is -2.14. The largest absolute Gasteiger partial charge is 0.449 e. The van der Waals surface area contributed by atoms with Gasteiger partial charge in [0.1, 0.15) is 5.69 Å². The van der Waals surface area contributed by atoms with Crippen LogP contribution in [0.1, 0.15) is 29.9 Å². The number of anilines is 1. The van der Waals surface area contributed by atoms with Gasteiger partial charge in [-0.05, 0) is 51.1 Å². The lowest BCUT2D eigenvalue weighted by Crippen LogP contribution is -2.41. The molecule has 3 rings (SSSR count). The summed E-state index contributed by atoms with van der Waals surface area (Å²) in [6, 6.07) is 12.5. The van der Waals surface area contributed by atoms with Gasteiger partial charge < -0.3 is 14.6 Å². The minimum atomic E-state index is -1.20. The number of amides is 3. The van der Waals surface area contributed by atoms with E-state index in [1.54, 1.807) is 47.9 Å². The number of imide groups is 1. The van der Waals surface area contributed by atoms with E-state index in [0.29, 0.717) is 29.0 Å². The molecule has 0 aliphatic rings. The van der Waals surface area contributed by atoms with E-state index >= 15 is 0 Å². The first-order chi connectivity index (χ1) is 14.8. The van der Waals surface area contributed by atoms with Crippen molar-refractivity contribution in [2.45, 2.75) is 33.4 Å². The lowest BCUT2D eigenvalue weighted by molar-refractivity contribution is -0.127. The zero-order valence-electron chi connectivity index (χ0n) is 17.3. The summed E-state index contributed by atoms with van der Waals surface area (Å²) in [7, 11) is 0. The molecule has 9 nitrogen and oxygen atoms in total. The Balaban J connectivity index is 1.68. The van der Waals surface area contributed by atoms with Crippen molar-refractivity contribution in [3.05, 3.63) is 70.1 Å². The fourth-order valence-electron chi connectivity index (χ4n) is 2.99. The number of para-hydroxylation sites is 1. The highest BCUT2D eigenvalue weighted by Crippen LogP contribution is 2.15.